The minimum atomic E-state index is -0.923. The van der Waals surface area contributed by atoms with Gasteiger partial charge in [0.05, 0.1) is 37.3 Å². The molecule has 0 aromatic carbocycles. The number of anilines is 1. The highest BCUT2D eigenvalue weighted by molar-refractivity contribution is 8.10. The van der Waals surface area contributed by atoms with Crippen molar-refractivity contribution in [2.45, 2.75) is 12.2 Å². The number of hydrogen-bond donors (Lipinski definition) is 1. The Bertz CT molecular complexity index is 1270. The highest BCUT2D eigenvalue weighted by atomic mass is 32.2. The van der Waals surface area contributed by atoms with Crippen LogP contribution in [0, 0.1) is 0 Å². The number of rotatable bonds is 5. The summed E-state index contributed by atoms with van der Waals surface area (Å²) in [5, 5.41) is -0.508. The summed E-state index contributed by atoms with van der Waals surface area (Å²) in [4.78, 5) is 39.0. The molecule has 0 spiro atoms. The highest BCUT2D eigenvalue weighted by Crippen LogP contribution is 2.39. The van der Waals surface area contributed by atoms with Gasteiger partial charge in [-0.1, -0.05) is 11.8 Å². The zero-order valence-corrected chi connectivity index (χ0v) is 17.4. The summed E-state index contributed by atoms with van der Waals surface area (Å²) in [6.45, 7) is 1.72. The Kier molecular flexibility index (Phi) is 5.47. The van der Waals surface area contributed by atoms with Crippen LogP contribution in [0.25, 0.3) is 11.0 Å². The number of thioether (sulfide) groups is 1. The van der Waals surface area contributed by atoms with Crippen molar-refractivity contribution in [3.05, 3.63) is 64.6 Å². The molecule has 1 aliphatic heterocycles. The van der Waals surface area contributed by atoms with E-state index in [2.05, 4.69) is 0 Å². The molecule has 0 fully saturated rings. The van der Waals surface area contributed by atoms with Crippen molar-refractivity contribution in [2.24, 2.45) is 0 Å². The number of nitrogens with zero attached hydrogens (tertiary/aromatic N) is 1. The van der Waals surface area contributed by atoms with E-state index >= 15 is 0 Å². The van der Waals surface area contributed by atoms with Crippen molar-refractivity contribution < 1.29 is 32.7 Å². The van der Waals surface area contributed by atoms with Crippen LogP contribution in [-0.2, 0) is 14.3 Å². The zero-order chi connectivity index (χ0) is 22.1. The third-order valence-electron chi connectivity index (χ3n) is 4.61. The van der Waals surface area contributed by atoms with E-state index in [1.165, 1.54) is 19.6 Å². The Morgan fingerprint density at radius 1 is 1.23 bits per heavy atom. The number of aromatic nitrogens is 1. The molecule has 4 heterocycles. The van der Waals surface area contributed by atoms with Gasteiger partial charge in [-0.05, 0) is 37.3 Å². The predicted octanol–water partition coefficient (Wildman–Crippen LogP) is 1.67. The average molecular weight is 442 g/mol. The summed E-state index contributed by atoms with van der Waals surface area (Å²) >= 11 is 0.966. The van der Waals surface area contributed by atoms with Crippen molar-refractivity contribution in [3.63, 3.8) is 0 Å². The Balaban J connectivity index is 2.11. The molecule has 4 rings (SSSR count). The molecule has 1 atom stereocenters. The van der Waals surface area contributed by atoms with Gasteiger partial charge in [-0.3, -0.25) is 9.36 Å². The highest BCUT2D eigenvalue weighted by Gasteiger charge is 2.39. The second-order valence-electron chi connectivity index (χ2n) is 6.41. The molecular weight excluding hydrogens is 424 g/mol. The molecule has 160 valence electrons. The Hall–Kier alpha value is -3.66. The molecule has 10 heteroatoms. The van der Waals surface area contributed by atoms with Crippen molar-refractivity contribution in [3.8, 4) is 0 Å². The summed E-state index contributed by atoms with van der Waals surface area (Å²) in [5.41, 5.74) is 6.13. The number of nitrogens with two attached hydrogens (primary N) is 1. The lowest BCUT2D eigenvalue weighted by atomic mass is 10.2. The summed E-state index contributed by atoms with van der Waals surface area (Å²) in [7, 11) is 1.23. The van der Waals surface area contributed by atoms with Crippen LogP contribution >= 0.6 is 11.8 Å². The van der Waals surface area contributed by atoms with Crippen LogP contribution in [0.4, 0.5) is 5.69 Å². The number of furan rings is 2. The number of hydrogen-bond acceptors (Lipinski definition) is 9. The van der Waals surface area contributed by atoms with E-state index in [4.69, 9.17) is 24.0 Å². The first-order valence-corrected chi connectivity index (χ1v) is 10.1. The molecule has 0 saturated heterocycles. The maximum atomic E-state index is 13.5. The van der Waals surface area contributed by atoms with Crippen molar-refractivity contribution >= 4 is 46.3 Å². The SMILES string of the molecule is CCOC(=O)c1c(N)/c(=C\c2ccco2)c2n1C(=O)[C@@H](c1ccco1)SC=2C(=O)OC. The van der Waals surface area contributed by atoms with Crippen molar-refractivity contribution in [1.29, 1.82) is 0 Å². The molecule has 3 aromatic heterocycles. The van der Waals surface area contributed by atoms with Crippen LogP contribution in [0.1, 0.15) is 39.0 Å². The van der Waals surface area contributed by atoms with E-state index in [9.17, 15) is 14.4 Å². The lowest BCUT2D eigenvalue weighted by molar-refractivity contribution is -0.133. The average Bonchev–Trinajstić information content (AvgIpc) is 3.51. The topological polar surface area (TPSA) is 127 Å². The number of ether oxygens (including phenoxy) is 2. The van der Waals surface area contributed by atoms with Gasteiger partial charge in [0.15, 0.2) is 5.69 Å². The summed E-state index contributed by atoms with van der Waals surface area (Å²) in [6, 6.07) is 6.59. The lowest BCUT2D eigenvalue weighted by Crippen LogP contribution is -2.42. The normalized spacial score (nSPS) is 16.3. The molecule has 1 aliphatic rings. The summed E-state index contributed by atoms with van der Waals surface area (Å²) in [5.74, 6) is -1.23. The molecule has 0 bridgehead atoms. The fraction of sp³-hybridized carbons (Fsp3) is 0.190. The molecular formula is C21H18N2O7S. The first-order valence-electron chi connectivity index (χ1n) is 9.27. The second kappa shape index (κ2) is 8.23. The molecule has 9 nitrogen and oxygen atoms in total. The van der Waals surface area contributed by atoms with Crippen molar-refractivity contribution in [1.82, 2.24) is 4.57 Å². The molecule has 31 heavy (non-hydrogen) atoms. The molecule has 2 N–H and O–H groups in total. The number of carbonyl (C=O) groups is 3. The van der Waals surface area contributed by atoms with E-state index in [0.29, 0.717) is 11.5 Å². The van der Waals surface area contributed by atoms with Gasteiger partial charge < -0.3 is 24.0 Å². The van der Waals surface area contributed by atoms with E-state index in [1.54, 1.807) is 37.3 Å². The Morgan fingerprint density at radius 3 is 2.58 bits per heavy atom. The third kappa shape index (κ3) is 3.44. The van der Waals surface area contributed by atoms with Crippen LogP contribution in [0.3, 0.4) is 0 Å². The Labute approximate surface area is 180 Å². The summed E-state index contributed by atoms with van der Waals surface area (Å²) in [6.07, 6.45) is 4.44. The predicted molar refractivity (Wildman–Crippen MR) is 111 cm³/mol. The second-order valence-corrected chi connectivity index (χ2v) is 7.53. The van der Waals surface area contributed by atoms with Gasteiger partial charge in [0, 0.05) is 5.22 Å². The first-order chi connectivity index (χ1) is 15.0. The van der Waals surface area contributed by atoms with Crippen LogP contribution in [0.2, 0.25) is 0 Å². The van der Waals surface area contributed by atoms with Gasteiger partial charge in [-0.25, -0.2) is 9.59 Å². The van der Waals surface area contributed by atoms with Gasteiger partial charge in [0.25, 0.3) is 5.91 Å². The van der Waals surface area contributed by atoms with Gasteiger partial charge in [-0.2, -0.15) is 0 Å². The van der Waals surface area contributed by atoms with Gasteiger partial charge >= 0.3 is 11.9 Å². The fourth-order valence-corrected chi connectivity index (χ4v) is 4.50. The maximum absolute atomic E-state index is 13.5. The Morgan fingerprint density at radius 2 is 1.97 bits per heavy atom. The molecule has 0 amide bonds. The van der Waals surface area contributed by atoms with Crippen molar-refractivity contribution in [2.75, 3.05) is 19.5 Å². The first kappa shape index (κ1) is 20.6. The smallest absolute Gasteiger partial charge is 0.357 e. The third-order valence-corrected chi connectivity index (χ3v) is 5.88. The molecule has 0 aliphatic carbocycles. The maximum Gasteiger partial charge on any atom is 0.357 e. The van der Waals surface area contributed by atoms with E-state index in [-0.39, 0.29) is 33.5 Å². The van der Waals surface area contributed by atoms with Gasteiger partial charge in [-0.15, -0.1) is 0 Å². The van der Waals surface area contributed by atoms with E-state index < -0.39 is 23.1 Å². The summed E-state index contributed by atoms with van der Waals surface area (Å²) < 4.78 is 22.0. The lowest BCUT2D eigenvalue weighted by Gasteiger charge is -2.21. The van der Waals surface area contributed by atoms with E-state index in [0.717, 1.165) is 16.3 Å². The van der Waals surface area contributed by atoms with E-state index in [1.807, 2.05) is 0 Å². The fourth-order valence-electron chi connectivity index (χ4n) is 3.31. The minimum Gasteiger partial charge on any atom is -0.468 e. The van der Waals surface area contributed by atoms with Crippen LogP contribution in [0.5, 0.6) is 0 Å². The van der Waals surface area contributed by atoms with Gasteiger partial charge in [0.2, 0.25) is 0 Å². The quantitative estimate of drug-likeness (QED) is 0.587. The monoisotopic (exact) mass is 442 g/mol. The standard InChI is InChI=1S/C21H18N2O7S/c1-3-28-20(25)16-14(22)12(10-11-6-4-8-29-11)15-18(21(26)27-2)31-17(19(24)23(15)16)13-7-5-9-30-13/h4-10,17H,3,22H2,1-2H3/b12-10+/t17-/m1/s1. The molecule has 0 unspecified atom stereocenters. The number of carbonyl (C=O) groups excluding carboxylic acids is 3. The van der Waals surface area contributed by atoms with Gasteiger partial charge in [0.1, 0.15) is 21.7 Å². The number of fused-ring (bicyclic) bond motifs is 1. The zero-order valence-electron chi connectivity index (χ0n) is 16.6. The minimum absolute atomic E-state index is 0.0136. The molecule has 0 radical (unpaired) electrons. The van der Waals surface area contributed by atoms with Crippen LogP contribution < -0.4 is 16.3 Å². The number of esters is 2. The molecule has 0 saturated carbocycles. The largest absolute Gasteiger partial charge is 0.468 e. The number of nitrogen functional groups attached to an aromatic ring is 1. The molecule has 3 aromatic rings. The number of methoxy groups -OCH3 is 1. The van der Waals surface area contributed by atoms with Crippen LogP contribution in [0.15, 0.2) is 45.6 Å². The van der Waals surface area contributed by atoms with Crippen LogP contribution in [-0.4, -0.2) is 36.1 Å².